The van der Waals surface area contributed by atoms with E-state index in [0.29, 0.717) is 61.5 Å². The van der Waals surface area contributed by atoms with Crippen LogP contribution in [0.1, 0.15) is 131 Å². The second-order valence-corrected chi connectivity index (χ2v) is 15.1. The number of likely N-dealkylation sites (tertiary alicyclic amines) is 2. The van der Waals surface area contributed by atoms with Gasteiger partial charge in [0.05, 0.1) is 41.5 Å². The molecule has 12 heteroatoms. The van der Waals surface area contributed by atoms with Gasteiger partial charge in [0.1, 0.15) is 6.04 Å². The number of rotatable bonds is 11. The van der Waals surface area contributed by atoms with Gasteiger partial charge in [0, 0.05) is 55.8 Å². The summed E-state index contributed by atoms with van der Waals surface area (Å²) < 4.78 is 9.49. The highest BCUT2D eigenvalue weighted by atomic mass is 16.5. The van der Waals surface area contributed by atoms with Crippen LogP contribution in [0.25, 0.3) is 0 Å². The number of carbonyl (C=O) groups is 2. The lowest BCUT2D eigenvalue weighted by atomic mass is 9.71. The van der Waals surface area contributed by atoms with Crippen LogP contribution in [0.15, 0.2) is 53.4 Å². The summed E-state index contributed by atoms with van der Waals surface area (Å²) in [4.78, 5) is 36.0. The van der Waals surface area contributed by atoms with Gasteiger partial charge >= 0.3 is 0 Å². The van der Waals surface area contributed by atoms with E-state index in [2.05, 4.69) is 50.1 Å². The van der Waals surface area contributed by atoms with E-state index in [9.17, 15) is 9.59 Å². The van der Waals surface area contributed by atoms with Crippen LogP contribution in [-0.4, -0.2) is 77.5 Å². The lowest BCUT2D eigenvalue weighted by molar-refractivity contribution is -0.145. The molecule has 1 spiro atoms. The van der Waals surface area contributed by atoms with E-state index in [4.69, 9.17) is 19.9 Å². The maximum atomic E-state index is 13.9. The Balaban J connectivity index is 0.00000220. The highest BCUT2D eigenvalue weighted by Crippen LogP contribution is 2.55. The molecule has 2 saturated heterocycles. The van der Waals surface area contributed by atoms with Gasteiger partial charge in [-0.05, 0) is 55.4 Å². The Morgan fingerprint density at radius 2 is 1.78 bits per heavy atom. The number of benzene rings is 1. The molecule has 3 aromatic heterocycles. The van der Waals surface area contributed by atoms with E-state index in [1.165, 1.54) is 0 Å². The molecule has 7 rings (SSSR count). The molecule has 0 radical (unpaired) electrons. The average molecular weight is 694 g/mol. The van der Waals surface area contributed by atoms with Gasteiger partial charge in [-0.25, -0.2) is 0 Å². The molecule has 1 aromatic carbocycles. The van der Waals surface area contributed by atoms with E-state index >= 15 is 0 Å². The molecule has 51 heavy (non-hydrogen) atoms. The highest BCUT2D eigenvalue weighted by molar-refractivity contribution is 5.94. The first-order valence-corrected chi connectivity index (χ1v) is 18.5. The molecule has 2 aliphatic heterocycles. The van der Waals surface area contributed by atoms with Crippen molar-refractivity contribution < 1.29 is 14.1 Å². The van der Waals surface area contributed by atoms with E-state index in [1.807, 2.05) is 53.6 Å². The number of carbonyl (C=O) groups excluding carboxylic acids is 2. The van der Waals surface area contributed by atoms with Crippen molar-refractivity contribution in [1.29, 1.82) is 5.26 Å². The fourth-order valence-electron chi connectivity index (χ4n) is 7.76. The highest BCUT2D eigenvalue weighted by Gasteiger charge is 2.61. The Labute approximate surface area is 300 Å². The van der Waals surface area contributed by atoms with E-state index in [0.717, 1.165) is 36.9 Å². The van der Waals surface area contributed by atoms with Gasteiger partial charge < -0.3 is 14.3 Å². The first-order valence-electron chi connectivity index (χ1n) is 18.5. The van der Waals surface area contributed by atoms with Crippen molar-refractivity contribution >= 4 is 11.8 Å². The first-order chi connectivity index (χ1) is 24.5. The number of nitrogens with zero attached hydrogens (tertiary/aromatic N) is 9. The SMILES string of the molecule is CC.CCCC(CC)c1ccn(C(C)c2nc(C3CN(C(=O)c4cnn(Cc5ccc(C#N)cc5)c4)CC34CN(C(=O)C3CC3(C)C)C4)no2)n1. The van der Waals surface area contributed by atoms with Crippen LogP contribution in [0.3, 0.4) is 0 Å². The second-order valence-electron chi connectivity index (χ2n) is 15.1. The van der Waals surface area contributed by atoms with Crippen molar-refractivity contribution in [3.63, 3.8) is 0 Å². The zero-order valence-corrected chi connectivity index (χ0v) is 31.0. The van der Waals surface area contributed by atoms with Crippen LogP contribution < -0.4 is 0 Å². The molecule has 4 unspecified atom stereocenters. The zero-order valence-electron chi connectivity index (χ0n) is 31.0. The minimum atomic E-state index is -0.361. The minimum Gasteiger partial charge on any atom is -0.341 e. The number of aromatic nitrogens is 6. The van der Waals surface area contributed by atoms with Crippen molar-refractivity contribution in [2.24, 2.45) is 16.7 Å². The maximum Gasteiger partial charge on any atom is 0.257 e. The van der Waals surface area contributed by atoms with Gasteiger partial charge in [0.2, 0.25) is 5.91 Å². The van der Waals surface area contributed by atoms with Gasteiger partial charge in [-0.1, -0.05) is 65.3 Å². The Bertz CT molecular complexity index is 1870. The van der Waals surface area contributed by atoms with Gasteiger partial charge in [-0.2, -0.15) is 20.4 Å². The standard InChI is InChI=1S/C37H45N9O3.C2H6/c1-6-8-27(7-2)31-13-14-46(41-31)24(3)33-40-32(42-49-33)30-20-43(21-37(30)22-44(23-37)35(48)29-15-36(29,4)5)34(47)28-17-39-45(19-28)18-26-11-9-25(16-38)10-12-26;1-2/h9-14,17,19,24,27,29-30H,6-8,15,18,20-23H2,1-5H3;1-2H3. The lowest BCUT2D eigenvalue weighted by Gasteiger charge is -2.50. The fraction of sp³-hybridized carbons (Fsp3) is 0.564. The number of amides is 2. The summed E-state index contributed by atoms with van der Waals surface area (Å²) in [5, 5.41) is 22.9. The molecule has 0 bridgehead atoms. The largest absolute Gasteiger partial charge is 0.341 e. The van der Waals surface area contributed by atoms with Crippen LogP contribution in [0.5, 0.6) is 0 Å². The van der Waals surface area contributed by atoms with Crippen LogP contribution >= 0.6 is 0 Å². The van der Waals surface area contributed by atoms with Crippen LogP contribution in [0.2, 0.25) is 0 Å². The van der Waals surface area contributed by atoms with Crippen molar-refractivity contribution in [3.05, 3.63) is 83.0 Å². The quantitative estimate of drug-likeness (QED) is 0.175. The molecule has 4 atom stereocenters. The Morgan fingerprint density at radius 3 is 2.43 bits per heavy atom. The fourth-order valence-corrected chi connectivity index (χ4v) is 7.76. The lowest BCUT2D eigenvalue weighted by Crippen LogP contribution is -2.62. The molecular weight excluding hydrogens is 642 g/mol. The van der Waals surface area contributed by atoms with Crippen LogP contribution in [0.4, 0.5) is 0 Å². The summed E-state index contributed by atoms with van der Waals surface area (Å²) in [7, 11) is 0. The molecule has 270 valence electrons. The predicted molar refractivity (Wildman–Crippen MR) is 192 cm³/mol. The van der Waals surface area contributed by atoms with Crippen LogP contribution in [-0.2, 0) is 11.3 Å². The molecule has 4 aromatic rings. The Hall–Kier alpha value is -4.79. The molecule has 3 aliphatic rings. The van der Waals surface area contributed by atoms with Crippen molar-refractivity contribution in [2.75, 3.05) is 26.2 Å². The molecule has 12 nitrogen and oxygen atoms in total. The van der Waals surface area contributed by atoms with Crippen molar-refractivity contribution in [2.45, 2.75) is 98.6 Å². The van der Waals surface area contributed by atoms with E-state index in [-0.39, 0.29) is 40.5 Å². The number of nitriles is 1. The third-order valence-electron chi connectivity index (χ3n) is 11.1. The van der Waals surface area contributed by atoms with E-state index in [1.54, 1.807) is 29.2 Å². The molecule has 1 saturated carbocycles. The third kappa shape index (κ3) is 7.08. The topological polar surface area (TPSA) is 139 Å². The summed E-state index contributed by atoms with van der Waals surface area (Å²) in [6, 6.07) is 11.3. The van der Waals surface area contributed by atoms with Crippen molar-refractivity contribution in [3.8, 4) is 6.07 Å². The molecule has 3 fully saturated rings. The summed E-state index contributed by atoms with van der Waals surface area (Å²) in [6.45, 7) is 17.2. The van der Waals surface area contributed by atoms with Gasteiger partial charge in [0.15, 0.2) is 5.82 Å². The summed E-state index contributed by atoms with van der Waals surface area (Å²) in [6.07, 6.45) is 9.51. The smallest absolute Gasteiger partial charge is 0.257 e. The molecule has 2 amide bonds. The third-order valence-corrected chi connectivity index (χ3v) is 11.1. The van der Waals surface area contributed by atoms with Gasteiger partial charge in [0.25, 0.3) is 11.8 Å². The summed E-state index contributed by atoms with van der Waals surface area (Å²) in [5.74, 6) is 1.43. The van der Waals surface area contributed by atoms with Gasteiger partial charge in [-0.15, -0.1) is 0 Å². The molecule has 5 heterocycles. The van der Waals surface area contributed by atoms with E-state index < -0.39 is 0 Å². The molecule has 1 aliphatic carbocycles. The first kappa shape index (κ1) is 36.0. The normalized spacial score (nSPS) is 21.0. The Morgan fingerprint density at radius 1 is 1.08 bits per heavy atom. The second kappa shape index (κ2) is 14.4. The minimum absolute atomic E-state index is 0.0492. The average Bonchev–Trinajstić information content (AvgIpc) is 3.77. The maximum absolute atomic E-state index is 13.9. The summed E-state index contributed by atoms with van der Waals surface area (Å²) >= 11 is 0. The molecule has 0 N–H and O–H groups in total. The van der Waals surface area contributed by atoms with Gasteiger partial charge in [-0.3, -0.25) is 19.0 Å². The number of hydrogen-bond acceptors (Lipinski definition) is 8. The Kier molecular flexibility index (Phi) is 10.2. The van der Waals surface area contributed by atoms with Crippen LogP contribution in [0, 0.1) is 28.1 Å². The molecular formula is C39H51N9O3. The number of hydrogen-bond donors (Lipinski definition) is 0. The summed E-state index contributed by atoms with van der Waals surface area (Å²) in [5.41, 5.74) is 2.86. The predicted octanol–water partition coefficient (Wildman–Crippen LogP) is 6.43. The monoisotopic (exact) mass is 693 g/mol. The zero-order chi connectivity index (χ0) is 36.5. The van der Waals surface area contributed by atoms with Crippen molar-refractivity contribution in [1.82, 2.24) is 39.5 Å².